The summed E-state index contributed by atoms with van der Waals surface area (Å²) in [7, 11) is 1.82. The molecule has 0 radical (unpaired) electrons. The Morgan fingerprint density at radius 2 is 1.81 bits per heavy atom. The highest BCUT2D eigenvalue weighted by Gasteiger charge is 2.32. The average Bonchev–Trinajstić information content (AvgIpc) is 2.53. The van der Waals surface area contributed by atoms with Gasteiger partial charge < -0.3 is 9.64 Å². The maximum Gasteiger partial charge on any atom is 0.416 e. The molecule has 0 spiro atoms. The Balaban J connectivity index is 2.07. The van der Waals surface area contributed by atoms with Gasteiger partial charge in [-0.2, -0.15) is 13.2 Å². The summed E-state index contributed by atoms with van der Waals surface area (Å²) in [5.74, 6) is 1.08. The van der Waals surface area contributed by atoms with E-state index in [-0.39, 0.29) is 0 Å². The first-order valence-electron chi connectivity index (χ1n) is 6.23. The smallest absolute Gasteiger partial charge is 0.416 e. The summed E-state index contributed by atoms with van der Waals surface area (Å²) in [5, 5.41) is 0. The minimum absolute atomic E-state index is 0.350. The lowest BCUT2D eigenvalue weighted by atomic mass is 10.1. The minimum atomic E-state index is -4.35. The predicted molar refractivity (Wildman–Crippen MR) is 77.8 cm³/mol. The van der Waals surface area contributed by atoms with E-state index in [9.17, 15) is 13.2 Å². The first-order chi connectivity index (χ1) is 9.84. The molecule has 6 heteroatoms. The van der Waals surface area contributed by atoms with E-state index < -0.39 is 11.7 Å². The summed E-state index contributed by atoms with van der Waals surface area (Å²) in [6.07, 6.45) is -4.35. The lowest BCUT2D eigenvalue weighted by Gasteiger charge is -2.18. The van der Waals surface area contributed by atoms with Crippen LogP contribution >= 0.6 is 15.9 Å². The third-order valence-electron chi connectivity index (χ3n) is 3.35. The Morgan fingerprint density at radius 1 is 1.10 bits per heavy atom. The van der Waals surface area contributed by atoms with Crippen molar-refractivity contribution in [3.05, 3.63) is 52.0 Å². The molecular weight excluding hydrogens is 347 g/mol. The van der Waals surface area contributed by atoms with Gasteiger partial charge in [-0.15, -0.1) is 0 Å². The highest BCUT2D eigenvalue weighted by molar-refractivity contribution is 9.10. The average molecular weight is 358 g/mol. The van der Waals surface area contributed by atoms with Crippen molar-refractivity contribution in [1.29, 1.82) is 0 Å². The first-order valence-corrected chi connectivity index (χ1v) is 7.02. The monoisotopic (exact) mass is 357 g/mol. The van der Waals surface area contributed by atoms with Crippen LogP contribution in [0.3, 0.4) is 0 Å². The Hall–Kier alpha value is -1.69. The zero-order valence-corrected chi connectivity index (χ0v) is 12.6. The molecule has 3 rings (SSSR count). The highest BCUT2D eigenvalue weighted by Crippen LogP contribution is 2.41. The minimum Gasteiger partial charge on any atom is -0.455 e. The zero-order chi connectivity index (χ0) is 15.2. The molecule has 0 fully saturated rings. The van der Waals surface area contributed by atoms with Crippen LogP contribution in [0.1, 0.15) is 11.1 Å². The molecule has 0 N–H and O–H groups in total. The summed E-state index contributed by atoms with van der Waals surface area (Å²) in [6.45, 7) is 0.350. The molecule has 1 aliphatic heterocycles. The lowest BCUT2D eigenvalue weighted by molar-refractivity contribution is -0.137. The van der Waals surface area contributed by atoms with E-state index >= 15 is 0 Å². The second-order valence-corrected chi connectivity index (χ2v) is 5.81. The van der Waals surface area contributed by atoms with Gasteiger partial charge in [-0.1, -0.05) is 15.9 Å². The number of rotatable bonds is 0. The van der Waals surface area contributed by atoms with Crippen LogP contribution < -0.4 is 9.64 Å². The van der Waals surface area contributed by atoms with E-state index in [0.29, 0.717) is 23.6 Å². The fourth-order valence-corrected chi connectivity index (χ4v) is 2.66. The largest absolute Gasteiger partial charge is 0.455 e. The van der Waals surface area contributed by atoms with Crippen LogP contribution in [0.5, 0.6) is 11.5 Å². The Labute approximate surface area is 128 Å². The molecule has 1 aliphatic rings. The maximum atomic E-state index is 12.8. The van der Waals surface area contributed by atoms with Gasteiger partial charge in [-0.3, -0.25) is 0 Å². The molecule has 0 saturated carbocycles. The van der Waals surface area contributed by atoms with Crippen LogP contribution in [-0.2, 0) is 12.7 Å². The number of hydrogen-bond donors (Lipinski definition) is 0. The molecule has 0 bridgehead atoms. The molecule has 0 aromatic heterocycles. The fraction of sp³-hybridized carbons (Fsp3) is 0.200. The summed E-state index contributed by atoms with van der Waals surface area (Å²) < 4.78 is 45.1. The number of fused-ring (bicyclic) bond motifs is 2. The molecule has 2 aromatic carbocycles. The van der Waals surface area contributed by atoms with E-state index in [0.717, 1.165) is 22.3 Å². The summed E-state index contributed by atoms with van der Waals surface area (Å²) >= 11 is 3.39. The van der Waals surface area contributed by atoms with Crippen molar-refractivity contribution in [1.82, 2.24) is 0 Å². The summed E-state index contributed by atoms with van der Waals surface area (Å²) in [6, 6.07) is 9.08. The predicted octanol–water partition coefficient (Wildman–Crippen LogP) is 5.21. The van der Waals surface area contributed by atoms with E-state index in [4.69, 9.17) is 4.74 Å². The van der Waals surface area contributed by atoms with Crippen LogP contribution in [0.4, 0.5) is 18.9 Å². The molecule has 21 heavy (non-hydrogen) atoms. The summed E-state index contributed by atoms with van der Waals surface area (Å²) in [4.78, 5) is 1.87. The standard InChI is InChI=1S/C15H11BrF3NO/c1-20-8-9-6-10(15(17,18)19)2-4-13(9)21-14-5-3-11(16)7-12(14)20/h2-7H,8H2,1H3. The lowest BCUT2D eigenvalue weighted by Crippen LogP contribution is -2.15. The van der Waals surface area contributed by atoms with Crippen LogP contribution in [0.2, 0.25) is 0 Å². The molecule has 0 aliphatic carbocycles. The molecule has 0 saturated heterocycles. The molecule has 0 amide bonds. The molecule has 0 unspecified atom stereocenters. The fourth-order valence-electron chi connectivity index (χ4n) is 2.31. The molecule has 2 nitrogen and oxygen atoms in total. The number of alkyl halides is 3. The van der Waals surface area contributed by atoms with E-state index in [1.807, 2.05) is 24.1 Å². The van der Waals surface area contributed by atoms with Gasteiger partial charge in [-0.05, 0) is 36.4 Å². The van der Waals surface area contributed by atoms with E-state index in [1.165, 1.54) is 6.07 Å². The van der Waals surface area contributed by atoms with Gasteiger partial charge in [0.05, 0.1) is 11.3 Å². The van der Waals surface area contributed by atoms with Gasteiger partial charge >= 0.3 is 6.18 Å². The normalized spacial score (nSPS) is 14.0. The van der Waals surface area contributed by atoms with Crippen molar-refractivity contribution in [3.63, 3.8) is 0 Å². The zero-order valence-electron chi connectivity index (χ0n) is 11.0. The highest BCUT2D eigenvalue weighted by atomic mass is 79.9. The Bertz CT molecular complexity index is 700. The number of nitrogens with zero attached hydrogens (tertiary/aromatic N) is 1. The van der Waals surface area contributed by atoms with E-state index in [2.05, 4.69) is 15.9 Å². The third kappa shape index (κ3) is 2.72. The quantitative estimate of drug-likeness (QED) is 0.641. The van der Waals surface area contributed by atoms with Gasteiger partial charge in [0.25, 0.3) is 0 Å². The van der Waals surface area contributed by atoms with Crippen LogP contribution in [-0.4, -0.2) is 7.05 Å². The molecular formula is C15H11BrF3NO. The van der Waals surface area contributed by atoms with Crippen molar-refractivity contribution in [2.24, 2.45) is 0 Å². The van der Waals surface area contributed by atoms with Gasteiger partial charge in [0, 0.05) is 23.6 Å². The molecule has 1 heterocycles. The third-order valence-corrected chi connectivity index (χ3v) is 3.84. The van der Waals surface area contributed by atoms with Gasteiger partial charge in [-0.25, -0.2) is 0 Å². The van der Waals surface area contributed by atoms with E-state index in [1.54, 1.807) is 6.07 Å². The number of anilines is 1. The van der Waals surface area contributed by atoms with Gasteiger partial charge in [0.15, 0.2) is 5.75 Å². The maximum absolute atomic E-state index is 12.8. The topological polar surface area (TPSA) is 12.5 Å². The number of ether oxygens (including phenoxy) is 1. The van der Waals surface area contributed by atoms with Gasteiger partial charge in [0.1, 0.15) is 5.75 Å². The van der Waals surface area contributed by atoms with Crippen molar-refractivity contribution < 1.29 is 17.9 Å². The van der Waals surface area contributed by atoms with Crippen LogP contribution in [0.15, 0.2) is 40.9 Å². The second kappa shape index (κ2) is 4.94. The SMILES string of the molecule is CN1Cc2cc(C(F)(F)F)ccc2Oc2ccc(Br)cc21. The molecule has 0 atom stereocenters. The Kier molecular flexibility index (Phi) is 3.36. The Morgan fingerprint density at radius 3 is 2.52 bits per heavy atom. The van der Waals surface area contributed by atoms with Crippen molar-refractivity contribution in [3.8, 4) is 11.5 Å². The van der Waals surface area contributed by atoms with Crippen molar-refractivity contribution >= 4 is 21.6 Å². The number of benzene rings is 2. The van der Waals surface area contributed by atoms with Crippen LogP contribution in [0, 0.1) is 0 Å². The van der Waals surface area contributed by atoms with Crippen LogP contribution in [0.25, 0.3) is 0 Å². The number of hydrogen-bond acceptors (Lipinski definition) is 2. The molecule has 110 valence electrons. The van der Waals surface area contributed by atoms with Crippen molar-refractivity contribution in [2.45, 2.75) is 12.7 Å². The number of halogens is 4. The van der Waals surface area contributed by atoms with Crippen molar-refractivity contribution in [2.75, 3.05) is 11.9 Å². The summed E-state index contributed by atoms with van der Waals surface area (Å²) in [5.41, 5.74) is 0.680. The van der Waals surface area contributed by atoms with Gasteiger partial charge in [0.2, 0.25) is 0 Å². The molecule has 2 aromatic rings. The first kappa shape index (κ1) is 14.3. The second-order valence-electron chi connectivity index (χ2n) is 4.89.